The average molecular weight is 377 g/mol. The van der Waals surface area contributed by atoms with Crippen molar-refractivity contribution in [1.82, 2.24) is 9.88 Å². The van der Waals surface area contributed by atoms with E-state index in [0.717, 1.165) is 18.8 Å². The fourth-order valence-corrected chi connectivity index (χ4v) is 3.11. The van der Waals surface area contributed by atoms with Crippen molar-refractivity contribution in [2.24, 2.45) is 0 Å². The summed E-state index contributed by atoms with van der Waals surface area (Å²) in [7, 11) is 0. The van der Waals surface area contributed by atoms with Gasteiger partial charge in [0.05, 0.1) is 0 Å². The van der Waals surface area contributed by atoms with Crippen LogP contribution in [0.15, 0.2) is 73.1 Å². The van der Waals surface area contributed by atoms with Crippen molar-refractivity contribution in [3.8, 4) is 5.75 Å². The van der Waals surface area contributed by atoms with E-state index in [0.29, 0.717) is 6.54 Å². The lowest BCUT2D eigenvalue weighted by atomic mass is 10.1. The summed E-state index contributed by atoms with van der Waals surface area (Å²) in [6.07, 6.45) is 3.13. The summed E-state index contributed by atoms with van der Waals surface area (Å²) in [5.74, 6) is 0.780. The maximum atomic E-state index is 10.6. The molecule has 1 aromatic heterocycles. The van der Waals surface area contributed by atoms with Gasteiger partial charge in [0.25, 0.3) is 0 Å². The van der Waals surface area contributed by atoms with Gasteiger partial charge < -0.3 is 9.84 Å². The molecule has 0 aliphatic heterocycles. The van der Waals surface area contributed by atoms with Crippen LogP contribution >= 0.6 is 0 Å². The van der Waals surface area contributed by atoms with Crippen molar-refractivity contribution in [1.29, 1.82) is 0 Å². The first kappa shape index (κ1) is 20.1. The summed E-state index contributed by atoms with van der Waals surface area (Å²) >= 11 is 0. The Balaban J connectivity index is 1.63. The Labute approximate surface area is 167 Å². The first-order valence-corrected chi connectivity index (χ1v) is 9.63. The zero-order valence-corrected chi connectivity index (χ0v) is 16.6. The van der Waals surface area contributed by atoms with Gasteiger partial charge in [0.1, 0.15) is 18.5 Å². The lowest BCUT2D eigenvalue weighted by Crippen LogP contribution is -2.35. The van der Waals surface area contributed by atoms with Gasteiger partial charge in [-0.2, -0.15) is 0 Å². The monoisotopic (exact) mass is 376 g/mol. The predicted octanol–water partition coefficient (Wildman–Crippen LogP) is 4.14. The molecule has 0 saturated carbocycles. The van der Waals surface area contributed by atoms with Gasteiger partial charge in [-0.05, 0) is 48.7 Å². The first-order valence-electron chi connectivity index (χ1n) is 9.63. The van der Waals surface area contributed by atoms with Crippen molar-refractivity contribution in [3.05, 3.63) is 95.3 Å². The first-order chi connectivity index (χ1) is 13.6. The van der Waals surface area contributed by atoms with Crippen molar-refractivity contribution < 1.29 is 9.84 Å². The molecule has 28 heavy (non-hydrogen) atoms. The fraction of sp³-hybridized carbons (Fsp3) is 0.292. The molecule has 1 heterocycles. The van der Waals surface area contributed by atoms with E-state index < -0.39 is 6.10 Å². The summed E-state index contributed by atoms with van der Waals surface area (Å²) in [6.45, 7) is 6.41. The van der Waals surface area contributed by atoms with E-state index in [1.165, 1.54) is 22.3 Å². The molecular formula is C24H28N2O2. The maximum Gasteiger partial charge on any atom is 0.119 e. The molecule has 0 saturated heterocycles. The third-order valence-corrected chi connectivity index (χ3v) is 4.72. The van der Waals surface area contributed by atoms with Crippen molar-refractivity contribution in [3.63, 3.8) is 0 Å². The number of nitrogens with zero attached hydrogens (tertiary/aromatic N) is 2. The maximum absolute atomic E-state index is 10.6. The normalized spacial score (nSPS) is 12.1. The van der Waals surface area contributed by atoms with Crippen molar-refractivity contribution >= 4 is 0 Å². The van der Waals surface area contributed by atoms with Crippen LogP contribution in [0.4, 0.5) is 0 Å². The number of ether oxygens (including phenoxy) is 1. The third-order valence-electron chi connectivity index (χ3n) is 4.72. The molecule has 4 nitrogen and oxygen atoms in total. The van der Waals surface area contributed by atoms with Crippen LogP contribution in [0.1, 0.15) is 22.3 Å². The van der Waals surface area contributed by atoms with Crippen LogP contribution in [0.25, 0.3) is 0 Å². The topological polar surface area (TPSA) is 45.6 Å². The molecule has 0 spiro atoms. The SMILES string of the molecule is Cc1ccc(OCC(O)CN(Cc2ccccc2)Cc2cnccc2C)cc1. The predicted molar refractivity (Wildman–Crippen MR) is 112 cm³/mol. The van der Waals surface area contributed by atoms with E-state index in [2.05, 4.69) is 28.9 Å². The van der Waals surface area contributed by atoms with Gasteiger partial charge in [0, 0.05) is 32.0 Å². The fourth-order valence-electron chi connectivity index (χ4n) is 3.11. The molecule has 2 aromatic carbocycles. The quantitative estimate of drug-likeness (QED) is 0.610. The minimum atomic E-state index is -0.581. The molecule has 3 aromatic rings. The molecule has 4 heteroatoms. The minimum Gasteiger partial charge on any atom is -0.491 e. The Hall–Kier alpha value is -2.69. The number of aryl methyl sites for hydroxylation is 2. The second kappa shape index (κ2) is 10.0. The smallest absolute Gasteiger partial charge is 0.119 e. The average Bonchev–Trinajstić information content (AvgIpc) is 2.70. The zero-order chi connectivity index (χ0) is 19.8. The van der Waals surface area contributed by atoms with Crippen LogP contribution in [0, 0.1) is 13.8 Å². The van der Waals surface area contributed by atoms with Gasteiger partial charge in [-0.1, -0.05) is 48.0 Å². The highest BCUT2D eigenvalue weighted by Gasteiger charge is 2.15. The summed E-state index contributed by atoms with van der Waals surface area (Å²) < 4.78 is 5.76. The Morgan fingerprint density at radius 2 is 1.71 bits per heavy atom. The number of aliphatic hydroxyl groups excluding tert-OH is 1. The second-order valence-electron chi connectivity index (χ2n) is 7.24. The van der Waals surface area contributed by atoms with Crippen LogP contribution in [0.2, 0.25) is 0 Å². The third kappa shape index (κ3) is 6.19. The van der Waals surface area contributed by atoms with E-state index in [9.17, 15) is 5.11 Å². The molecule has 146 valence electrons. The lowest BCUT2D eigenvalue weighted by Gasteiger charge is -2.26. The molecule has 0 fully saturated rings. The molecule has 0 aliphatic carbocycles. The van der Waals surface area contributed by atoms with Crippen LogP contribution < -0.4 is 4.74 Å². The number of hydrogen-bond donors (Lipinski definition) is 1. The summed E-state index contributed by atoms with van der Waals surface area (Å²) in [6, 6.07) is 20.2. The molecule has 3 rings (SSSR count). The number of rotatable bonds is 9. The highest BCUT2D eigenvalue weighted by atomic mass is 16.5. The summed E-state index contributed by atoms with van der Waals surface area (Å²) in [5, 5.41) is 10.6. The lowest BCUT2D eigenvalue weighted by molar-refractivity contribution is 0.0627. The van der Waals surface area contributed by atoms with E-state index in [-0.39, 0.29) is 6.61 Å². The zero-order valence-electron chi connectivity index (χ0n) is 16.6. The molecule has 1 N–H and O–H groups in total. The Bertz CT molecular complexity index is 850. The van der Waals surface area contributed by atoms with Crippen LogP contribution in [0.5, 0.6) is 5.75 Å². The molecule has 0 amide bonds. The molecule has 0 radical (unpaired) electrons. The summed E-state index contributed by atoms with van der Waals surface area (Å²) in [5.41, 5.74) is 4.79. The van der Waals surface area contributed by atoms with Gasteiger partial charge in [-0.25, -0.2) is 0 Å². The van der Waals surface area contributed by atoms with Crippen molar-refractivity contribution in [2.45, 2.75) is 33.0 Å². The standard InChI is InChI=1S/C24H28N2O2/c1-19-8-10-24(11-9-19)28-18-23(27)17-26(15-21-6-4-3-5-7-21)16-22-14-25-13-12-20(22)2/h3-14,23,27H,15-18H2,1-2H3. The van der Waals surface area contributed by atoms with E-state index >= 15 is 0 Å². The molecular weight excluding hydrogens is 348 g/mol. The Morgan fingerprint density at radius 1 is 0.964 bits per heavy atom. The van der Waals surface area contributed by atoms with Gasteiger partial charge in [0.15, 0.2) is 0 Å². The van der Waals surface area contributed by atoms with Crippen LogP contribution in [0.3, 0.4) is 0 Å². The van der Waals surface area contributed by atoms with E-state index in [4.69, 9.17) is 4.74 Å². The number of aliphatic hydroxyl groups is 1. The minimum absolute atomic E-state index is 0.264. The molecule has 1 unspecified atom stereocenters. The van der Waals surface area contributed by atoms with Crippen LogP contribution in [-0.4, -0.2) is 34.2 Å². The molecule has 0 bridgehead atoms. The van der Waals surface area contributed by atoms with Gasteiger partial charge in [-0.3, -0.25) is 9.88 Å². The van der Waals surface area contributed by atoms with Crippen LogP contribution in [-0.2, 0) is 13.1 Å². The van der Waals surface area contributed by atoms with Gasteiger partial charge >= 0.3 is 0 Å². The largest absolute Gasteiger partial charge is 0.491 e. The number of pyridine rings is 1. The molecule has 0 aliphatic rings. The highest BCUT2D eigenvalue weighted by molar-refractivity contribution is 5.26. The van der Waals surface area contributed by atoms with Gasteiger partial charge in [0.2, 0.25) is 0 Å². The van der Waals surface area contributed by atoms with Crippen molar-refractivity contribution in [2.75, 3.05) is 13.2 Å². The van der Waals surface area contributed by atoms with E-state index in [1.807, 2.05) is 67.8 Å². The number of hydrogen-bond acceptors (Lipinski definition) is 4. The second-order valence-corrected chi connectivity index (χ2v) is 7.24. The number of benzene rings is 2. The van der Waals surface area contributed by atoms with E-state index in [1.54, 1.807) is 0 Å². The highest BCUT2D eigenvalue weighted by Crippen LogP contribution is 2.15. The van der Waals surface area contributed by atoms with Gasteiger partial charge in [-0.15, -0.1) is 0 Å². The number of aromatic nitrogens is 1. The Morgan fingerprint density at radius 3 is 2.43 bits per heavy atom. The Kier molecular flexibility index (Phi) is 7.18. The molecule has 1 atom stereocenters. The summed E-state index contributed by atoms with van der Waals surface area (Å²) in [4.78, 5) is 6.49.